The standard InChI is InChI=1S/C17H17N3O/c1-19(2)16-9-12-20(13-10-16)11-5-7-15-6-3-4-8-17(15)18-14-21/h3-4,6,8-10,12-14H,11H2,1-2H3/p+1. The number of rotatable bonds is 4. The average molecular weight is 280 g/mol. The Morgan fingerprint density at radius 1 is 1.19 bits per heavy atom. The van der Waals surface area contributed by atoms with Crippen LogP contribution in [-0.4, -0.2) is 20.5 Å². The van der Waals surface area contributed by atoms with Crippen LogP contribution in [0.1, 0.15) is 5.56 Å². The second-order valence-electron chi connectivity index (χ2n) is 4.73. The van der Waals surface area contributed by atoms with Crippen LogP contribution < -0.4 is 14.8 Å². The van der Waals surface area contributed by atoms with Crippen LogP contribution >= 0.6 is 0 Å². The number of nitrogens with one attached hydrogen (secondary N) is 1. The van der Waals surface area contributed by atoms with E-state index in [-0.39, 0.29) is 0 Å². The third kappa shape index (κ3) is 4.08. The number of hydrogen-bond acceptors (Lipinski definition) is 2. The predicted octanol–water partition coefficient (Wildman–Crippen LogP) is 1.66. The van der Waals surface area contributed by atoms with Gasteiger partial charge in [0.05, 0.1) is 5.69 Å². The number of hydrogen-bond donors (Lipinski definition) is 1. The second kappa shape index (κ2) is 7.11. The van der Waals surface area contributed by atoms with Gasteiger partial charge in [-0.05, 0) is 18.1 Å². The molecule has 0 aliphatic heterocycles. The van der Waals surface area contributed by atoms with Gasteiger partial charge in [-0.2, -0.15) is 4.57 Å². The Bertz CT molecular complexity index is 666. The van der Waals surface area contributed by atoms with Gasteiger partial charge in [0.15, 0.2) is 12.4 Å². The molecular formula is C17H18N3O+. The molecule has 0 saturated carbocycles. The highest BCUT2D eigenvalue weighted by molar-refractivity contribution is 5.75. The average Bonchev–Trinajstić information content (AvgIpc) is 2.50. The highest BCUT2D eigenvalue weighted by Gasteiger charge is 2.00. The predicted molar refractivity (Wildman–Crippen MR) is 84.0 cm³/mol. The maximum Gasteiger partial charge on any atom is 0.211 e. The van der Waals surface area contributed by atoms with E-state index >= 15 is 0 Å². The topological polar surface area (TPSA) is 36.2 Å². The van der Waals surface area contributed by atoms with Gasteiger partial charge >= 0.3 is 0 Å². The van der Waals surface area contributed by atoms with Crippen LogP contribution in [0.15, 0.2) is 48.8 Å². The summed E-state index contributed by atoms with van der Waals surface area (Å²) >= 11 is 0. The number of carbonyl (C=O) groups excluding carboxylic acids is 1. The van der Waals surface area contributed by atoms with E-state index in [1.54, 1.807) is 0 Å². The molecule has 0 aliphatic carbocycles. The fourth-order valence-corrected chi connectivity index (χ4v) is 1.86. The summed E-state index contributed by atoms with van der Waals surface area (Å²) in [6.45, 7) is 0.600. The van der Waals surface area contributed by atoms with Crippen molar-refractivity contribution in [3.05, 3.63) is 54.4 Å². The molecule has 4 nitrogen and oxygen atoms in total. The van der Waals surface area contributed by atoms with Gasteiger partial charge < -0.3 is 10.2 Å². The van der Waals surface area contributed by atoms with E-state index in [0.29, 0.717) is 13.0 Å². The Kier molecular flexibility index (Phi) is 4.94. The van der Waals surface area contributed by atoms with E-state index in [1.165, 1.54) is 0 Å². The second-order valence-corrected chi connectivity index (χ2v) is 4.73. The van der Waals surface area contributed by atoms with Crippen LogP contribution in [0.2, 0.25) is 0 Å². The minimum atomic E-state index is 0.600. The lowest BCUT2D eigenvalue weighted by molar-refractivity contribution is -0.684. The summed E-state index contributed by atoms with van der Waals surface area (Å²) in [5.41, 5.74) is 2.70. The Hall–Kier alpha value is -2.80. The Labute approximate surface area is 125 Å². The van der Waals surface area contributed by atoms with Gasteiger partial charge in [-0.15, -0.1) is 0 Å². The fraction of sp³-hybridized carbons (Fsp3) is 0.176. The summed E-state index contributed by atoms with van der Waals surface area (Å²) in [4.78, 5) is 12.6. The van der Waals surface area contributed by atoms with Crippen molar-refractivity contribution < 1.29 is 9.36 Å². The molecule has 0 unspecified atom stereocenters. The molecule has 0 spiro atoms. The van der Waals surface area contributed by atoms with Crippen LogP contribution in [0.3, 0.4) is 0 Å². The lowest BCUT2D eigenvalue weighted by atomic mass is 10.2. The maximum absolute atomic E-state index is 10.5. The number of benzene rings is 1. The van der Waals surface area contributed by atoms with E-state index in [1.807, 2.05) is 67.5 Å². The molecule has 0 fully saturated rings. The van der Waals surface area contributed by atoms with Crippen LogP contribution in [0, 0.1) is 11.8 Å². The molecule has 1 N–H and O–H groups in total. The summed E-state index contributed by atoms with van der Waals surface area (Å²) in [6.07, 6.45) is 4.66. The zero-order chi connectivity index (χ0) is 15.1. The Morgan fingerprint density at radius 3 is 2.57 bits per heavy atom. The SMILES string of the molecule is CN(C)c1cc[n+](CC#Cc2ccccc2NC=O)cc1. The van der Waals surface area contributed by atoms with Gasteiger partial charge in [0.2, 0.25) is 13.0 Å². The monoisotopic (exact) mass is 280 g/mol. The largest absolute Gasteiger partial charge is 0.377 e. The Morgan fingerprint density at radius 2 is 1.90 bits per heavy atom. The van der Waals surface area contributed by atoms with Gasteiger partial charge in [-0.3, -0.25) is 4.79 Å². The van der Waals surface area contributed by atoms with Gasteiger partial charge in [0.25, 0.3) is 0 Å². The molecular weight excluding hydrogens is 262 g/mol. The molecule has 2 rings (SSSR count). The quantitative estimate of drug-likeness (QED) is 0.525. The van der Waals surface area contributed by atoms with Crippen LogP contribution in [-0.2, 0) is 11.3 Å². The van der Waals surface area contributed by atoms with Crippen molar-refractivity contribution in [3.63, 3.8) is 0 Å². The third-order valence-electron chi connectivity index (χ3n) is 3.02. The lowest BCUT2D eigenvalue weighted by Crippen LogP contribution is -2.32. The first-order valence-electron chi connectivity index (χ1n) is 6.65. The molecule has 1 amide bonds. The van der Waals surface area contributed by atoms with E-state index in [2.05, 4.69) is 22.1 Å². The van der Waals surface area contributed by atoms with Crippen molar-refractivity contribution >= 4 is 17.8 Å². The third-order valence-corrected chi connectivity index (χ3v) is 3.02. The number of amides is 1. The molecule has 0 saturated heterocycles. The van der Waals surface area contributed by atoms with E-state index in [4.69, 9.17) is 0 Å². The van der Waals surface area contributed by atoms with Gasteiger partial charge in [0.1, 0.15) is 0 Å². The Balaban J connectivity index is 2.08. The zero-order valence-electron chi connectivity index (χ0n) is 12.2. The normalized spacial score (nSPS) is 9.43. The minimum Gasteiger partial charge on any atom is -0.377 e. The summed E-state index contributed by atoms with van der Waals surface area (Å²) in [6, 6.07) is 11.6. The first-order valence-corrected chi connectivity index (χ1v) is 6.65. The van der Waals surface area contributed by atoms with Crippen molar-refractivity contribution in [2.45, 2.75) is 6.54 Å². The number of nitrogens with zero attached hydrogens (tertiary/aromatic N) is 2. The number of anilines is 2. The summed E-state index contributed by atoms with van der Waals surface area (Å²) in [5.74, 6) is 6.19. The molecule has 21 heavy (non-hydrogen) atoms. The van der Waals surface area contributed by atoms with Crippen LogP contribution in [0.5, 0.6) is 0 Å². The first kappa shape index (κ1) is 14.6. The molecule has 0 radical (unpaired) electrons. The number of aromatic nitrogens is 1. The zero-order valence-corrected chi connectivity index (χ0v) is 12.2. The molecule has 2 aromatic rings. The molecule has 1 aromatic heterocycles. The van der Waals surface area contributed by atoms with Crippen molar-refractivity contribution in [1.29, 1.82) is 0 Å². The van der Waals surface area contributed by atoms with Crippen molar-refractivity contribution in [2.75, 3.05) is 24.3 Å². The summed E-state index contributed by atoms with van der Waals surface area (Å²) < 4.78 is 2.01. The fourth-order valence-electron chi connectivity index (χ4n) is 1.86. The molecule has 0 atom stereocenters. The summed E-state index contributed by atoms with van der Waals surface area (Å²) in [5, 5.41) is 2.65. The van der Waals surface area contributed by atoms with Crippen molar-refractivity contribution in [1.82, 2.24) is 0 Å². The first-order chi connectivity index (χ1) is 10.2. The van der Waals surface area contributed by atoms with E-state index in [9.17, 15) is 4.79 Å². The molecule has 4 heteroatoms. The molecule has 1 aromatic carbocycles. The van der Waals surface area contributed by atoms with E-state index in [0.717, 1.165) is 16.9 Å². The van der Waals surface area contributed by atoms with E-state index < -0.39 is 0 Å². The van der Waals surface area contributed by atoms with Gasteiger partial charge in [-0.25, -0.2) is 0 Å². The maximum atomic E-state index is 10.5. The molecule has 0 aliphatic rings. The molecule has 106 valence electrons. The number of pyridine rings is 1. The van der Waals surface area contributed by atoms with Crippen molar-refractivity contribution in [3.8, 4) is 11.8 Å². The number of para-hydroxylation sites is 1. The highest BCUT2D eigenvalue weighted by Crippen LogP contribution is 2.12. The molecule has 1 heterocycles. The summed E-state index contributed by atoms with van der Waals surface area (Å²) in [7, 11) is 4.02. The lowest BCUT2D eigenvalue weighted by Gasteiger charge is -2.09. The van der Waals surface area contributed by atoms with Crippen molar-refractivity contribution in [2.24, 2.45) is 0 Å². The van der Waals surface area contributed by atoms with Gasteiger partial charge in [0, 0.05) is 37.5 Å². The smallest absolute Gasteiger partial charge is 0.211 e. The van der Waals surface area contributed by atoms with Crippen LogP contribution in [0.25, 0.3) is 0 Å². The minimum absolute atomic E-state index is 0.600. The highest BCUT2D eigenvalue weighted by atomic mass is 16.1. The van der Waals surface area contributed by atoms with Crippen LogP contribution in [0.4, 0.5) is 11.4 Å². The number of carbonyl (C=O) groups is 1. The molecule has 0 bridgehead atoms. The van der Waals surface area contributed by atoms with Gasteiger partial charge in [-0.1, -0.05) is 18.1 Å².